The first-order valence-electron chi connectivity index (χ1n) is 5.99. The molecule has 0 aliphatic carbocycles. The van der Waals surface area contributed by atoms with Gasteiger partial charge < -0.3 is 14.6 Å². The predicted molar refractivity (Wildman–Crippen MR) is 80.7 cm³/mol. The highest BCUT2D eigenvalue weighted by Crippen LogP contribution is 2.27. The molecule has 4 nitrogen and oxygen atoms in total. The van der Waals surface area contributed by atoms with Crippen LogP contribution in [0.2, 0.25) is 10.0 Å². The molecule has 0 amide bonds. The van der Waals surface area contributed by atoms with E-state index in [0.29, 0.717) is 15.8 Å². The van der Waals surface area contributed by atoms with Crippen LogP contribution in [0.4, 0.5) is 0 Å². The van der Waals surface area contributed by atoms with Crippen LogP contribution in [-0.2, 0) is 6.61 Å². The first-order valence-corrected chi connectivity index (χ1v) is 6.75. The Morgan fingerprint density at radius 3 is 2.52 bits per heavy atom. The second-order valence-electron chi connectivity index (χ2n) is 4.20. The summed E-state index contributed by atoms with van der Waals surface area (Å²) in [4.78, 5) is 11.2. The minimum absolute atomic E-state index is 0.0656. The first-order chi connectivity index (χ1) is 10.0. The number of hydrogen-bond donors (Lipinski definition) is 1. The van der Waals surface area contributed by atoms with Crippen molar-refractivity contribution in [3.63, 3.8) is 0 Å². The summed E-state index contributed by atoms with van der Waals surface area (Å²) in [5, 5.41) is 10.0. The SMILES string of the molecule is COc1ccc(C(=O)O)c(OCc2ccc(Cl)c(Cl)c2)c1. The minimum atomic E-state index is -1.07. The lowest BCUT2D eigenvalue weighted by Gasteiger charge is -2.11. The van der Waals surface area contributed by atoms with Gasteiger partial charge in [0.1, 0.15) is 23.7 Å². The molecule has 0 aliphatic rings. The maximum absolute atomic E-state index is 11.2. The number of carbonyl (C=O) groups is 1. The molecule has 0 saturated heterocycles. The molecule has 2 rings (SSSR count). The van der Waals surface area contributed by atoms with E-state index in [4.69, 9.17) is 37.8 Å². The predicted octanol–water partition coefficient (Wildman–Crippen LogP) is 4.28. The van der Waals surface area contributed by atoms with E-state index >= 15 is 0 Å². The smallest absolute Gasteiger partial charge is 0.339 e. The summed E-state index contributed by atoms with van der Waals surface area (Å²) in [6.07, 6.45) is 0. The Morgan fingerprint density at radius 2 is 1.90 bits per heavy atom. The van der Waals surface area contributed by atoms with Gasteiger partial charge in [-0.1, -0.05) is 29.3 Å². The third-order valence-electron chi connectivity index (χ3n) is 2.80. The molecule has 0 spiro atoms. The summed E-state index contributed by atoms with van der Waals surface area (Å²) in [7, 11) is 1.50. The molecule has 0 bridgehead atoms. The van der Waals surface area contributed by atoms with Crippen LogP contribution < -0.4 is 9.47 Å². The highest BCUT2D eigenvalue weighted by molar-refractivity contribution is 6.42. The van der Waals surface area contributed by atoms with Gasteiger partial charge in [-0.2, -0.15) is 0 Å². The van der Waals surface area contributed by atoms with Crippen molar-refractivity contribution in [3.8, 4) is 11.5 Å². The van der Waals surface area contributed by atoms with E-state index in [1.807, 2.05) is 0 Å². The Labute approximate surface area is 131 Å². The van der Waals surface area contributed by atoms with Crippen molar-refractivity contribution < 1.29 is 19.4 Å². The van der Waals surface area contributed by atoms with E-state index in [9.17, 15) is 4.79 Å². The number of aromatic carboxylic acids is 1. The lowest BCUT2D eigenvalue weighted by atomic mass is 10.2. The van der Waals surface area contributed by atoms with Crippen molar-refractivity contribution in [2.45, 2.75) is 6.61 Å². The van der Waals surface area contributed by atoms with Crippen molar-refractivity contribution in [1.82, 2.24) is 0 Å². The van der Waals surface area contributed by atoms with Gasteiger partial charge in [0.2, 0.25) is 0 Å². The van der Waals surface area contributed by atoms with Gasteiger partial charge in [0.05, 0.1) is 17.2 Å². The van der Waals surface area contributed by atoms with Crippen LogP contribution in [0.25, 0.3) is 0 Å². The molecule has 2 aromatic carbocycles. The van der Waals surface area contributed by atoms with E-state index in [1.54, 1.807) is 24.3 Å². The first kappa shape index (κ1) is 15.5. The summed E-state index contributed by atoms with van der Waals surface area (Å²) in [6.45, 7) is 0.171. The largest absolute Gasteiger partial charge is 0.497 e. The molecule has 0 saturated carbocycles. The highest BCUT2D eigenvalue weighted by atomic mass is 35.5. The molecule has 0 heterocycles. The quantitative estimate of drug-likeness (QED) is 0.890. The van der Waals surface area contributed by atoms with Gasteiger partial charge in [0.15, 0.2) is 0 Å². The Balaban J connectivity index is 2.21. The van der Waals surface area contributed by atoms with Crippen LogP contribution in [0.3, 0.4) is 0 Å². The number of rotatable bonds is 5. The van der Waals surface area contributed by atoms with Gasteiger partial charge >= 0.3 is 5.97 Å². The zero-order valence-electron chi connectivity index (χ0n) is 11.1. The van der Waals surface area contributed by atoms with Crippen molar-refractivity contribution in [2.24, 2.45) is 0 Å². The van der Waals surface area contributed by atoms with Crippen molar-refractivity contribution in [1.29, 1.82) is 0 Å². The van der Waals surface area contributed by atoms with Gasteiger partial charge in [-0.3, -0.25) is 0 Å². The normalized spacial score (nSPS) is 10.2. The van der Waals surface area contributed by atoms with E-state index in [1.165, 1.54) is 19.2 Å². The van der Waals surface area contributed by atoms with Crippen LogP contribution in [0, 0.1) is 0 Å². The van der Waals surface area contributed by atoms with Gasteiger partial charge in [0.25, 0.3) is 0 Å². The van der Waals surface area contributed by atoms with Gasteiger partial charge in [0, 0.05) is 6.07 Å². The van der Waals surface area contributed by atoms with Gasteiger partial charge in [-0.05, 0) is 29.8 Å². The average Bonchev–Trinajstić information content (AvgIpc) is 2.48. The summed E-state index contributed by atoms with van der Waals surface area (Å²) in [5.41, 5.74) is 0.847. The molecular formula is C15H12Cl2O4. The lowest BCUT2D eigenvalue weighted by Crippen LogP contribution is -2.04. The maximum Gasteiger partial charge on any atom is 0.339 e. The molecule has 1 N–H and O–H groups in total. The summed E-state index contributed by atoms with van der Waals surface area (Å²) >= 11 is 11.8. The maximum atomic E-state index is 11.2. The topological polar surface area (TPSA) is 55.8 Å². The van der Waals surface area contributed by atoms with E-state index in [2.05, 4.69) is 0 Å². The number of methoxy groups -OCH3 is 1. The number of ether oxygens (including phenoxy) is 2. The van der Waals surface area contributed by atoms with Crippen molar-refractivity contribution in [3.05, 3.63) is 57.6 Å². The average molecular weight is 327 g/mol. The zero-order valence-corrected chi connectivity index (χ0v) is 12.6. The molecule has 0 fully saturated rings. The molecule has 0 aromatic heterocycles. The third kappa shape index (κ3) is 3.80. The van der Waals surface area contributed by atoms with Crippen molar-refractivity contribution in [2.75, 3.05) is 7.11 Å². The van der Waals surface area contributed by atoms with E-state index < -0.39 is 5.97 Å². The Hall–Kier alpha value is -1.91. The second kappa shape index (κ2) is 6.70. The third-order valence-corrected chi connectivity index (χ3v) is 3.54. The fraction of sp³-hybridized carbons (Fsp3) is 0.133. The van der Waals surface area contributed by atoms with Gasteiger partial charge in [-0.25, -0.2) is 4.79 Å². The van der Waals surface area contributed by atoms with Crippen molar-refractivity contribution >= 4 is 29.2 Å². The zero-order chi connectivity index (χ0) is 15.4. The summed E-state index contributed by atoms with van der Waals surface area (Å²) in [5.74, 6) is -0.321. The monoisotopic (exact) mass is 326 g/mol. The molecule has 0 atom stereocenters. The van der Waals surface area contributed by atoms with Crippen LogP contribution in [0.5, 0.6) is 11.5 Å². The number of carboxylic acid groups (broad SMARTS) is 1. The second-order valence-corrected chi connectivity index (χ2v) is 5.02. The molecule has 0 radical (unpaired) electrons. The van der Waals surface area contributed by atoms with E-state index in [0.717, 1.165) is 5.56 Å². The molecule has 21 heavy (non-hydrogen) atoms. The molecule has 2 aromatic rings. The van der Waals surface area contributed by atoms with Crippen LogP contribution >= 0.6 is 23.2 Å². The minimum Gasteiger partial charge on any atom is -0.497 e. The molecule has 6 heteroatoms. The number of carboxylic acids is 1. The Kier molecular flexibility index (Phi) is 4.94. The number of halogens is 2. The molecule has 0 aliphatic heterocycles. The van der Waals surface area contributed by atoms with Crippen LogP contribution in [-0.4, -0.2) is 18.2 Å². The molecule has 110 valence electrons. The van der Waals surface area contributed by atoms with Gasteiger partial charge in [-0.15, -0.1) is 0 Å². The fourth-order valence-corrected chi connectivity index (χ4v) is 2.04. The lowest BCUT2D eigenvalue weighted by molar-refractivity contribution is 0.0691. The summed E-state index contributed by atoms with van der Waals surface area (Å²) in [6, 6.07) is 9.62. The standard InChI is InChI=1S/C15H12Cl2O4/c1-20-10-3-4-11(15(18)19)14(7-10)21-8-9-2-5-12(16)13(17)6-9/h2-7H,8H2,1H3,(H,18,19). The summed E-state index contributed by atoms with van der Waals surface area (Å²) < 4.78 is 10.6. The molecular weight excluding hydrogens is 315 g/mol. The number of benzene rings is 2. The van der Waals surface area contributed by atoms with E-state index in [-0.39, 0.29) is 17.9 Å². The molecule has 0 unspecified atom stereocenters. The van der Waals surface area contributed by atoms with Crippen LogP contribution in [0.1, 0.15) is 15.9 Å². The Bertz CT molecular complexity index is 671. The number of hydrogen-bond acceptors (Lipinski definition) is 3. The highest BCUT2D eigenvalue weighted by Gasteiger charge is 2.13. The van der Waals surface area contributed by atoms with Crippen LogP contribution in [0.15, 0.2) is 36.4 Å². The Morgan fingerprint density at radius 1 is 1.14 bits per heavy atom. The fourth-order valence-electron chi connectivity index (χ4n) is 1.72.